The topological polar surface area (TPSA) is 55.0 Å². The SMILES string of the molecule is CCc1nc(N)cc(N(CC(F)(F)F)C2CC2)n1. The molecule has 100 valence electrons. The quantitative estimate of drug-likeness (QED) is 0.901. The first-order chi connectivity index (χ1) is 8.39. The first kappa shape index (κ1) is 12.9. The van der Waals surface area contributed by atoms with Crippen molar-refractivity contribution in [3.8, 4) is 0 Å². The molecule has 0 bridgehead atoms. The van der Waals surface area contributed by atoms with E-state index in [2.05, 4.69) is 9.97 Å². The van der Waals surface area contributed by atoms with E-state index in [1.165, 1.54) is 11.0 Å². The van der Waals surface area contributed by atoms with Gasteiger partial charge in [-0.2, -0.15) is 13.2 Å². The fraction of sp³-hybridized carbons (Fsp3) is 0.636. The van der Waals surface area contributed by atoms with Crippen LogP contribution in [0, 0.1) is 0 Å². The van der Waals surface area contributed by atoms with Crippen LogP contribution >= 0.6 is 0 Å². The molecule has 0 radical (unpaired) electrons. The van der Waals surface area contributed by atoms with Gasteiger partial charge in [-0.05, 0) is 12.8 Å². The van der Waals surface area contributed by atoms with Crippen molar-refractivity contribution in [2.24, 2.45) is 0 Å². The van der Waals surface area contributed by atoms with Crippen LogP contribution in [0.3, 0.4) is 0 Å². The van der Waals surface area contributed by atoms with Gasteiger partial charge >= 0.3 is 6.18 Å². The van der Waals surface area contributed by atoms with E-state index >= 15 is 0 Å². The Morgan fingerprint density at radius 1 is 1.39 bits per heavy atom. The fourth-order valence-corrected chi connectivity index (χ4v) is 1.78. The second-order valence-corrected chi connectivity index (χ2v) is 4.40. The largest absolute Gasteiger partial charge is 0.405 e. The van der Waals surface area contributed by atoms with Crippen molar-refractivity contribution in [2.45, 2.75) is 38.4 Å². The highest BCUT2D eigenvalue weighted by molar-refractivity contribution is 5.49. The molecular weight excluding hydrogens is 245 g/mol. The third-order valence-corrected chi connectivity index (χ3v) is 2.73. The van der Waals surface area contributed by atoms with E-state index in [0.717, 1.165) is 12.8 Å². The van der Waals surface area contributed by atoms with Crippen molar-refractivity contribution in [1.29, 1.82) is 0 Å². The number of nitrogens with two attached hydrogens (primary N) is 1. The Morgan fingerprint density at radius 3 is 2.56 bits per heavy atom. The number of aromatic nitrogens is 2. The second kappa shape index (κ2) is 4.62. The van der Waals surface area contributed by atoms with Crippen LogP contribution < -0.4 is 10.6 Å². The number of hydrogen-bond donors (Lipinski definition) is 1. The maximum absolute atomic E-state index is 12.5. The highest BCUT2D eigenvalue weighted by Gasteiger charge is 2.39. The highest BCUT2D eigenvalue weighted by atomic mass is 19.4. The molecule has 4 nitrogen and oxygen atoms in total. The van der Waals surface area contributed by atoms with E-state index in [-0.39, 0.29) is 17.7 Å². The van der Waals surface area contributed by atoms with Crippen LogP contribution in [0.5, 0.6) is 0 Å². The Hall–Kier alpha value is -1.53. The zero-order chi connectivity index (χ0) is 13.3. The molecule has 1 aliphatic carbocycles. The lowest BCUT2D eigenvalue weighted by Gasteiger charge is -2.25. The number of nitrogens with zero attached hydrogens (tertiary/aromatic N) is 3. The molecule has 0 aromatic carbocycles. The predicted molar refractivity (Wildman–Crippen MR) is 62.2 cm³/mol. The lowest BCUT2D eigenvalue weighted by Crippen LogP contribution is -2.36. The maximum atomic E-state index is 12.5. The van der Waals surface area contributed by atoms with Crippen molar-refractivity contribution in [3.63, 3.8) is 0 Å². The summed E-state index contributed by atoms with van der Waals surface area (Å²) >= 11 is 0. The molecule has 1 saturated carbocycles. The van der Waals surface area contributed by atoms with E-state index < -0.39 is 12.7 Å². The van der Waals surface area contributed by atoms with Crippen LogP contribution in [-0.2, 0) is 6.42 Å². The molecule has 0 unspecified atom stereocenters. The van der Waals surface area contributed by atoms with Gasteiger partial charge in [-0.15, -0.1) is 0 Å². The summed E-state index contributed by atoms with van der Waals surface area (Å²) in [6.45, 7) is 0.848. The maximum Gasteiger partial charge on any atom is 0.405 e. The number of nitrogen functional groups attached to an aromatic ring is 1. The van der Waals surface area contributed by atoms with Crippen LogP contribution in [-0.4, -0.2) is 28.7 Å². The summed E-state index contributed by atoms with van der Waals surface area (Å²) in [4.78, 5) is 9.38. The number of aryl methyl sites for hydroxylation is 1. The lowest BCUT2D eigenvalue weighted by molar-refractivity contribution is -0.120. The molecule has 2 N–H and O–H groups in total. The standard InChI is InChI=1S/C11H15F3N4/c1-2-9-16-8(15)5-10(17-9)18(7-3-4-7)6-11(12,13)14/h5,7H,2-4,6H2,1H3,(H2,15,16,17). The summed E-state index contributed by atoms with van der Waals surface area (Å²) in [5.74, 6) is 0.960. The van der Waals surface area contributed by atoms with Gasteiger partial charge in [0.25, 0.3) is 0 Å². The van der Waals surface area contributed by atoms with E-state index in [0.29, 0.717) is 12.2 Å². The lowest BCUT2D eigenvalue weighted by atomic mass is 10.3. The van der Waals surface area contributed by atoms with Gasteiger partial charge in [0.15, 0.2) is 0 Å². The molecule has 1 aromatic rings. The molecule has 1 aliphatic rings. The van der Waals surface area contributed by atoms with Crippen LogP contribution in [0.1, 0.15) is 25.6 Å². The monoisotopic (exact) mass is 260 g/mol. The first-order valence-electron chi connectivity index (χ1n) is 5.86. The van der Waals surface area contributed by atoms with E-state index in [9.17, 15) is 13.2 Å². The number of hydrogen-bond acceptors (Lipinski definition) is 4. The third kappa shape index (κ3) is 3.24. The molecule has 1 aromatic heterocycles. The van der Waals surface area contributed by atoms with Crippen molar-refractivity contribution in [2.75, 3.05) is 17.2 Å². The molecule has 0 saturated heterocycles. The Balaban J connectivity index is 2.27. The molecule has 0 aliphatic heterocycles. The molecule has 2 rings (SSSR count). The number of halogens is 3. The van der Waals surface area contributed by atoms with E-state index in [1.807, 2.05) is 6.92 Å². The summed E-state index contributed by atoms with van der Waals surface area (Å²) in [6.07, 6.45) is -2.17. The summed E-state index contributed by atoms with van der Waals surface area (Å²) in [6, 6.07) is 1.33. The molecule has 0 atom stereocenters. The summed E-state index contributed by atoms with van der Waals surface area (Å²) in [7, 11) is 0. The predicted octanol–water partition coefficient (Wildman–Crippen LogP) is 2.15. The third-order valence-electron chi connectivity index (χ3n) is 2.73. The normalized spacial score (nSPS) is 15.8. The molecule has 1 heterocycles. The van der Waals surface area contributed by atoms with Crippen molar-refractivity contribution >= 4 is 11.6 Å². The number of rotatable bonds is 4. The molecule has 1 fully saturated rings. The number of anilines is 2. The Morgan fingerprint density at radius 2 is 2.06 bits per heavy atom. The highest BCUT2D eigenvalue weighted by Crippen LogP contribution is 2.33. The van der Waals surface area contributed by atoms with Gasteiger partial charge in [0, 0.05) is 18.5 Å². The van der Waals surface area contributed by atoms with Crippen molar-refractivity contribution in [3.05, 3.63) is 11.9 Å². The van der Waals surface area contributed by atoms with Gasteiger partial charge in [0.1, 0.15) is 24.0 Å². The van der Waals surface area contributed by atoms with Crippen molar-refractivity contribution < 1.29 is 13.2 Å². The Bertz CT molecular complexity index is 429. The molecule has 7 heteroatoms. The Labute approximate surface area is 103 Å². The molecule has 0 spiro atoms. The van der Waals surface area contributed by atoms with Gasteiger partial charge in [-0.3, -0.25) is 0 Å². The van der Waals surface area contributed by atoms with Gasteiger partial charge in [-0.25, -0.2) is 9.97 Å². The van der Waals surface area contributed by atoms with E-state index in [4.69, 9.17) is 5.73 Å². The minimum absolute atomic E-state index is 0.0781. The summed E-state index contributed by atoms with van der Waals surface area (Å²) < 4.78 is 37.6. The summed E-state index contributed by atoms with van der Waals surface area (Å²) in [5, 5.41) is 0. The average molecular weight is 260 g/mol. The molecular formula is C11H15F3N4. The van der Waals surface area contributed by atoms with E-state index in [1.54, 1.807) is 0 Å². The van der Waals surface area contributed by atoms with Crippen LogP contribution in [0.15, 0.2) is 6.07 Å². The molecule has 0 amide bonds. The minimum atomic E-state index is -4.24. The number of alkyl halides is 3. The average Bonchev–Trinajstić information content (AvgIpc) is 3.07. The molecule has 18 heavy (non-hydrogen) atoms. The smallest absolute Gasteiger partial charge is 0.384 e. The van der Waals surface area contributed by atoms with Crippen LogP contribution in [0.25, 0.3) is 0 Å². The van der Waals surface area contributed by atoms with Gasteiger partial charge in [0.2, 0.25) is 0 Å². The second-order valence-electron chi connectivity index (χ2n) is 4.40. The Kier molecular flexibility index (Phi) is 3.32. The van der Waals surface area contributed by atoms with Gasteiger partial charge in [-0.1, -0.05) is 6.92 Å². The van der Waals surface area contributed by atoms with Gasteiger partial charge < -0.3 is 10.6 Å². The van der Waals surface area contributed by atoms with Gasteiger partial charge in [0.05, 0.1) is 0 Å². The zero-order valence-electron chi connectivity index (χ0n) is 10.0. The summed E-state index contributed by atoms with van der Waals surface area (Å²) in [5.41, 5.74) is 5.60. The van der Waals surface area contributed by atoms with Crippen molar-refractivity contribution in [1.82, 2.24) is 9.97 Å². The fourth-order valence-electron chi connectivity index (χ4n) is 1.78. The van der Waals surface area contributed by atoms with Crippen LogP contribution in [0.2, 0.25) is 0 Å². The zero-order valence-corrected chi connectivity index (χ0v) is 10.0. The van der Waals surface area contributed by atoms with Crippen LogP contribution in [0.4, 0.5) is 24.8 Å². The minimum Gasteiger partial charge on any atom is -0.384 e. The first-order valence-corrected chi connectivity index (χ1v) is 5.86.